The minimum atomic E-state index is -0.111. The van der Waals surface area contributed by atoms with E-state index < -0.39 is 0 Å². The Morgan fingerprint density at radius 1 is 1.44 bits per heavy atom. The van der Waals surface area contributed by atoms with Gasteiger partial charge in [-0.1, -0.05) is 6.07 Å². The van der Waals surface area contributed by atoms with E-state index in [0.717, 1.165) is 10.9 Å². The molecule has 0 unspecified atom stereocenters. The van der Waals surface area contributed by atoms with Gasteiger partial charge in [-0.2, -0.15) is 0 Å². The van der Waals surface area contributed by atoms with Crippen LogP contribution in [0.5, 0.6) is 5.75 Å². The van der Waals surface area contributed by atoms with Crippen molar-refractivity contribution < 1.29 is 9.53 Å². The fourth-order valence-corrected chi connectivity index (χ4v) is 1.89. The Kier molecular flexibility index (Phi) is 2.66. The highest BCUT2D eigenvalue weighted by Crippen LogP contribution is 2.30. The van der Waals surface area contributed by atoms with E-state index in [1.54, 1.807) is 13.2 Å². The first-order chi connectivity index (χ1) is 7.69. The molecule has 0 saturated heterocycles. The molecule has 0 bridgehead atoms. The van der Waals surface area contributed by atoms with E-state index in [0.29, 0.717) is 11.3 Å². The zero-order chi connectivity index (χ0) is 11.7. The smallest absolute Gasteiger partial charge is 0.180 e. The minimum Gasteiger partial charge on any atom is -0.494 e. The number of Topliss-reactive ketones (excluding diaryl/α,β-unsaturated/α-hetero) is 1. The van der Waals surface area contributed by atoms with Gasteiger partial charge in [0.2, 0.25) is 0 Å². The van der Waals surface area contributed by atoms with E-state index in [9.17, 15) is 4.79 Å². The van der Waals surface area contributed by atoms with Crippen LogP contribution in [0.25, 0.3) is 10.9 Å². The third-order valence-corrected chi connectivity index (χ3v) is 2.68. The standard InChI is InChI=1S/C12H14N2O2/c1-14-6-5-8-3-4-9(10(15)7-13)12(16-2)11(8)14/h3-6H,7,13H2,1-2H3. The van der Waals surface area contributed by atoms with Crippen LogP contribution in [-0.4, -0.2) is 24.0 Å². The van der Waals surface area contributed by atoms with E-state index in [4.69, 9.17) is 10.5 Å². The average Bonchev–Trinajstić information content (AvgIpc) is 2.69. The first kappa shape index (κ1) is 10.7. The van der Waals surface area contributed by atoms with Gasteiger partial charge in [-0.05, 0) is 12.1 Å². The van der Waals surface area contributed by atoms with Crippen LogP contribution in [0.15, 0.2) is 24.4 Å². The number of nitrogens with two attached hydrogens (primary N) is 1. The number of fused-ring (bicyclic) bond motifs is 1. The summed E-state index contributed by atoms with van der Waals surface area (Å²) in [5.41, 5.74) is 6.83. The summed E-state index contributed by atoms with van der Waals surface area (Å²) in [5, 5.41) is 1.05. The van der Waals surface area contributed by atoms with Crippen LogP contribution in [-0.2, 0) is 7.05 Å². The number of aryl methyl sites for hydroxylation is 1. The second-order valence-corrected chi connectivity index (χ2v) is 3.64. The predicted octanol–water partition coefficient (Wildman–Crippen LogP) is 1.33. The summed E-state index contributed by atoms with van der Waals surface area (Å²) in [6.07, 6.45) is 1.93. The predicted molar refractivity (Wildman–Crippen MR) is 62.9 cm³/mol. The van der Waals surface area contributed by atoms with Crippen LogP contribution in [0, 0.1) is 0 Å². The van der Waals surface area contributed by atoms with Gasteiger partial charge in [-0.25, -0.2) is 0 Å². The van der Waals surface area contributed by atoms with Crippen molar-refractivity contribution >= 4 is 16.7 Å². The van der Waals surface area contributed by atoms with Crippen molar-refractivity contribution in [3.8, 4) is 5.75 Å². The van der Waals surface area contributed by atoms with E-state index in [1.165, 1.54) is 0 Å². The van der Waals surface area contributed by atoms with Crippen LogP contribution in [0.2, 0.25) is 0 Å². The molecule has 0 aliphatic heterocycles. The van der Waals surface area contributed by atoms with Crippen molar-refractivity contribution in [1.82, 2.24) is 4.57 Å². The van der Waals surface area contributed by atoms with Crippen molar-refractivity contribution in [3.63, 3.8) is 0 Å². The molecule has 2 N–H and O–H groups in total. The molecule has 1 aromatic carbocycles. The topological polar surface area (TPSA) is 57.2 Å². The Morgan fingerprint density at radius 3 is 2.81 bits per heavy atom. The van der Waals surface area contributed by atoms with E-state index in [1.807, 2.05) is 29.9 Å². The van der Waals surface area contributed by atoms with Gasteiger partial charge in [0.15, 0.2) is 11.5 Å². The maximum atomic E-state index is 11.7. The van der Waals surface area contributed by atoms with Gasteiger partial charge >= 0.3 is 0 Å². The molecule has 0 spiro atoms. The summed E-state index contributed by atoms with van der Waals surface area (Å²) in [7, 11) is 3.48. The molecule has 0 amide bonds. The molecule has 2 aromatic rings. The number of carbonyl (C=O) groups excluding carboxylic acids is 1. The highest BCUT2D eigenvalue weighted by Gasteiger charge is 2.15. The zero-order valence-corrected chi connectivity index (χ0v) is 9.36. The van der Waals surface area contributed by atoms with Crippen LogP contribution in [0.1, 0.15) is 10.4 Å². The molecule has 4 heteroatoms. The molecule has 16 heavy (non-hydrogen) atoms. The zero-order valence-electron chi connectivity index (χ0n) is 9.36. The number of methoxy groups -OCH3 is 1. The van der Waals surface area contributed by atoms with Gasteiger partial charge in [0, 0.05) is 18.6 Å². The third kappa shape index (κ3) is 1.47. The maximum absolute atomic E-state index is 11.7. The second kappa shape index (κ2) is 3.98. The molecule has 0 radical (unpaired) electrons. The van der Waals surface area contributed by atoms with Gasteiger partial charge in [0.1, 0.15) is 0 Å². The molecule has 84 valence electrons. The van der Waals surface area contributed by atoms with E-state index >= 15 is 0 Å². The fraction of sp³-hybridized carbons (Fsp3) is 0.250. The molecule has 1 aromatic heterocycles. The number of rotatable bonds is 3. The van der Waals surface area contributed by atoms with Gasteiger partial charge in [0.25, 0.3) is 0 Å². The molecular weight excluding hydrogens is 204 g/mol. The number of hydrogen-bond donors (Lipinski definition) is 1. The molecular formula is C12H14N2O2. The molecule has 1 heterocycles. The molecule has 2 rings (SSSR count). The molecule has 0 aliphatic rings. The molecule has 0 aliphatic carbocycles. The first-order valence-electron chi connectivity index (χ1n) is 5.04. The van der Waals surface area contributed by atoms with Crippen molar-refractivity contribution in [2.24, 2.45) is 12.8 Å². The van der Waals surface area contributed by atoms with Gasteiger partial charge in [-0.15, -0.1) is 0 Å². The Hall–Kier alpha value is -1.81. The Bertz CT molecular complexity index is 543. The second-order valence-electron chi connectivity index (χ2n) is 3.64. The summed E-state index contributed by atoms with van der Waals surface area (Å²) in [6.45, 7) is -0.00765. The molecule has 0 atom stereocenters. The first-order valence-corrected chi connectivity index (χ1v) is 5.04. The summed E-state index contributed by atoms with van der Waals surface area (Å²) in [6, 6.07) is 5.64. The van der Waals surface area contributed by atoms with Gasteiger partial charge in [-0.3, -0.25) is 4.79 Å². The summed E-state index contributed by atoms with van der Waals surface area (Å²) in [4.78, 5) is 11.7. The largest absolute Gasteiger partial charge is 0.494 e. The average molecular weight is 218 g/mol. The third-order valence-electron chi connectivity index (χ3n) is 2.68. The monoisotopic (exact) mass is 218 g/mol. The number of ether oxygens (including phenoxy) is 1. The normalized spacial score (nSPS) is 10.7. The lowest BCUT2D eigenvalue weighted by atomic mass is 10.1. The Balaban J connectivity index is 2.76. The lowest BCUT2D eigenvalue weighted by Crippen LogP contribution is -2.14. The van der Waals surface area contributed by atoms with Crippen LogP contribution < -0.4 is 10.5 Å². The quantitative estimate of drug-likeness (QED) is 0.791. The van der Waals surface area contributed by atoms with Gasteiger partial charge in [0.05, 0.1) is 24.7 Å². The number of hydrogen-bond acceptors (Lipinski definition) is 3. The molecule has 0 saturated carbocycles. The number of aromatic nitrogens is 1. The lowest BCUT2D eigenvalue weighted by molar-refractivity contribution is 0.0998. The maximum Gasteiger partial charge on any atom is 0.180 e. The van der Waals surface area contributed by atoms with Crippen molar-refractivity contribution in [3.05, 3.63) is 30.0 Å². The van der Waals surface area contributed by atoms with E-state index in [-0.39, 0.29) is 12.3 Å². The SMILES string of the molecule is COc1c(C(=O)CN)ccc2ccn(C)c12. The minimum absolute atomic E-state index is 0.00765. The number of ketones is 1. The summed E-state index contributed by atoms with van der Waals surface area (Å²) in [5.74, 6) is 0.486. The highest BCUT2D eigenvalue weighted by atomic mass is 16.5. The van der Waals surface area contributed by atoms with Crippen LogP contribution >= 0.6 is 0 Å². The highest BCUT2D eigenvalue weighted by molar-refractivity contribution is 6.05. The molecule has 0 fully saturated rings. The number of nitrogens with zero attached hydrogens (tertiary/aromatic N) is 1. The summed E-state index contributed by atoms with van der Waals surface area (Å²) >= 11 is 0. The van der Waals surface area contributed by atoms with Gasteiger partial charge < -0.3 is 15.0 Å². The van der Waals surface area contributed by atoms with Crippen molar-refractivity contribution in [1.29, 1.82) is 0 Å². The lowest BCUT2D eigenvalue weighted by Gasteiger charge is -2.09. The molecule has 4 nitrogen and oxygen atoms in total. The fourth-order valence-electron chi connectivity index (χ4n) is 1.89. The number of benzene rings is 1. The van der Waals surface area contributed by atoms with Crippen molar-refractivity contribution in [2.75, 3.05) is 13.7 Å². The Morgan fingerprint density at radius 2 is 2.19 bits per heavy atom. The number of carbonyl (C=O) groups is 1. The van der Waals surface area contributed by atoms with E-state index in [2.05, 4.69) is 0 Å². The van der Waals surface area contributed by atoms with Crippen molar-refractivity contribution in [2.45, 2.75) is 0 Å². The Labute approximate surface area is 93.6 Å². The summed E-state index contributed by atoms with van der Waals surface area (Å²) < 4.78 is 7.26. The van der Waals surface area contributed by atoms with Crippen LogP contribution in [0.3, 0.4) is 0 Å². The van der Waals surface area contributed by atoms with Crippen LogP contribution in [0.4, 0.5) is 0 Å².